The van der Waals surface area contributed by atoms with Crippen LogP contribution in [0.1, 0.15) is 1.43 Å². The van der Waals surface area contributed by atoms with Crippen molar-refractivity contribution in [2.75, 3.05) is 0 Å². The Balaban J connectivity index is 0.00000348. The van der Waals surface area contributed by atoms with Gasteiger partial charge in [0.2, 0.25) is 0 Å². The summed E-state index contributed by atoms with van der Waals surface area (Å²) in [7, 11) is 0. The minimum Gasteiger partial charge on any atom is -1.00 e. The van der Waals surface area contributed by atoms with Gasteiger partial charge >= 0.3 is 0 Å². The molecule has 0 bridgehead atoms. The number of aromatic nitrogens is 2. The summed E-state index contributed by atoms with van der Waals surface area (Å²) in [4.78, 5) is 0. The van der Waals surface area contributed by atoms with Gasteiger partial charge in [0.25, 0.3) is 0 Å². The highest BCUT2D eigenvalue weighted by molar-refractivity contribution is 6.10. The van der Waals surface area contributed by atoms with E-state index in [1.54, 1.807) is 0 Å². The van der Waals surface area contributed by atoms with Gasteiger partial charge in [-0.1, -0.05) is 133 Å². The fourth-order valence-electron chi connectivity index (χ4n) is 7.81. The van der Waals surface area contributed by atoms with Gasteiger partial charge in [0.05, 0.1) is 22.1 Å². The number of nitrogens with zero attached hydrogens (tertiary/aromatic N) is 2. The predicted molar refractivity (Wildman–Crippen MR) is 213 cm³/mol. The molecule has 2 aromatic heterocycles. The Morgan fingerprint density at radius 3 is 0.880 bits per heavy atom. The molecular formula is C48H33N2-. The van der Waals surface area contributed by atoms with Crippen LogP contribution in [-0.2, 0) is 0 Å². The van der Waals surface area contributed by atoms with Gasteiger partial charge in [-0.05, 0) is 94.0 Å². The molecule has 0 atom stereocenters. The van der Waals surface area contributed by atoms with Crippen LogP contribution >= 0.6 is 0 Å². The summed E-state index contributed by atoms with van der Waals surface area (Å²) in [5.41, 5.74) is 14.2. The van der Waals surface area contributed by atoms with Crippen molar-refractivity contribution in [3.8, 4) is 44.8 Å². The van der Waals surface area contributed by atoms with Crippen LogP contribution in [0.25, 0.3) is 88.4 Å². The number of fused-ring (bicyclic) bond motifs is 6. The van der Waals surface area contributed by atoms with Crippen molar-refractivity contribution in [2.45, 2.75) is 0 Å². The van der Waals surface area contributed by atoms with Crippen LogP contribution in [0.5, 0.6) is 0 Å². The molecule has 0 amide bonds. The van der Waals surface area contributed by atoms with Crippen LogP contribution in [0.3, 0.4) is 0 Å². The van der Waals surface area contributed by atoms with E-state index in [-0.39, 0.29) is 1.43 Å². The van der Waals surface area contributed by atoms with E-state index >= 15 is 0 Å². The van der Waals surface area contributed by atoms with E-state index in [9.17, 15) is 0 Å². The third kappa shape index (κ3) is 4.57. The zero-order valence-electron chi connectivity index (χ0n) is 28.4. The molecule has 0 radical (unpaired) electrons. The zero-order valence-corrected chi connectivity index (χ0v) is 27.4. The Morgan fingerprint density at radius 1 is 0.240 bits per heavy atom. The van der Waals surface area contributed by atoms with Crippen LogP contribution in [0.15, 0.2) is 194 Å². The van der Waals surface area contributed by atoms with E-state index < -0.39 is 0 Å². The van der Waals surface area contributed by atoms with Crippen molar-refractivity contribution in [1.82, 2.24) is 9.13 Å². The van der Waals surface area contributed by atoms with Crippen molar-refractivity contribution in [1.29, 1.82) is 0 Å². The van der Waals surface area contributed by atoms with Crippen LogP contribution in [-0.4, -0.2) is 9.13 Å². The summed E-state index contributed by atoms with van der Waals surface area (Å²) >= 11 is 0. The minimum absolute atomic E-state index is 0. The van der Waals surface area contributed by atoms with E-state index in [2.05, 4.69) is 203 Å². The SMILES string of the molecule is [H-].c1ccc(-c2cc(-c3ccccc3)cc(-c3cc(-n4c5ccccc5c5ccccc54)cc(-n4c5ccccc5c5ccccc54)c3)c2)cc1. The Labute approximate surface area is 292 Å². The minimum atomic E-state index is 0. The molecule has 0 fully saturated rings. The lowest BCUT2D eigenvalue weighted by atomic mass is 9.93. The summed E-state index contributed by atoms with van der Waals surface area (Å²) in [5.74, 6) is 0. The average molecular weight is 638 g/mol. The fourth-order valence-corrected chi connectivity index (χ4v) is 7.81. The molecule has 0 aliphatic carbocycles. The third-order valence-electron chi connectivity index (χ3n) is 10.1. The molecule has 10 aromatic rings. The van der Waals surface area contributed by atoms with E-state index in [1.165, 1.54) is 71.4 Å². The first-order chi connectivity index (χ1) is 24.8. The van der Waals surface area contributed by atoms with Gasteiger partial charge in [0.1, 0.15) is 0 Å². The number of para-hydroxylation sites is 4. The summed E-state index contributed by atoms with van der Waals surface area (Å²) in [6, 6.07) is 70.6. The number of hydrogen-bond donors (Lipinski definition) is 0. The van der Waals surface area contributed by atoms with Crippen molar-refractivity contribution in [3.63, 3.8) is 0 Å². The highest BCUT2D eigenvalue weighted by Gasteiger charge is 2.18. The van der Waals surface area contributed by atoms with Crippen LogP contribution in [0.2, 0.25) is 0 Å². The fraction of sp³-hybridized carbons (Fsp3) is 0. The quantitative estimate of drug-likeness (QED) is 0.178. The van der Waals surface area contributed by atoms with Gasteiger partial charge in [0.15, 0.2) is 0 Å². The van der Waals surface area contributed by atoms with Crippen LogP contribution < -0.4 is 0 Å². The van der Waals surface area contributed by atoms with Crippen LogP contribution in [0.4, 0.5) is 0 Å². The van der Waals surface area contributed by atoms with Gasteiger partial charge < -0.3 is 10.6 Å². The maximum absolute atomic E-state index is 2.44. The van der Waals surface area contributed by atoms with E-state index in [4.69, 9.17) is 0 Å². The first-order valence-corrected chi connectivity index (χ1v) is 17.2. The molecule has 0 aliphatic rings. The van der Waals surface area contributed by atoms with Crippen molar-refractivity contribution in [3.05, 3.63) is 194 Å². The second-order valence-corrected chi connectivity index (χ2v) is 13.0. The van der Waals surface area contributed by atoms with Crippen LogP contribution in [0, 0.1) is 0 Å². The van der Waals surface area contributed by atoms with Gasteiger partial charge in [0, 0.05) is 32.9 Å². The van der Waals surface area contributed by atoms with E-state index in [0.717, 1.165) is 16.9 Å². The van der Waals surface area contributed by atoms with E-state index in [0.29, 0.717) is 0 Å². The Hall–Kier alpha value is -6.64. The van der Waals surface area contributed by atoms with Crippen molar-refractivity contribution in [2.24, 2.45) is 0 Å². The molecule has 0 saturated heterocycles. The highest BCUT2D eigenvalue weighted by atomic mass is 15.0. The molecule has 0 spiro atoms. The smallest absolute Gasteiger partial charge is 0.0541 e. The topological polar surface area (TPSA) is 9.86 Å². The first kappa shape index (κ1) is 28.4. The Kier molecular flexibility index (Phi) is 6.53. The molecular weight excluding hydrogens is 605 g/mol. The Morgan fingerprint density at radius 2 is 0.520 bits per heavy atom. The molecule has 50 heavy (non-hydrogen) atoms. The highest BCUT2D eigenvalue weighted by Crippen LogP contribution is 2.39. The molecule has 10 rings (SSSR count). The maximum atomic E-state index is 2.44. The molecule has 0 aliphatic heterocycles. The van der Waals surface area contributed by atoms with Gasteiger partial charge in [-0.25, -0.2) is 0 Å². The molecule has 2 heteroatoms. The summed E-state index contributed by atoms with van der Waals surface area (Å²) < 4.78 is 4.87. The average Bonchev–Trinajstić information content (AvgIpc) is 3.71. The molecule has 0 N–H and O–H groups in total. The summed E-state index contributed by atoms with van der Waals surface area (Å²) in [6.45, 7) is 0. The maximum Gasteiger partial charge on any atom is 0.0541 e. The molecule has 2 heterocycles. The van der Waals surface area contributed by atoms with Gasteiger partial charge in [-0.3, -0.25) is 0 Å². The molecule has 236 valence electrons. The molecule has 2 nitrogen and oxygen atoms in total. The second-order valence-electron chi connectivity index (χ2n) is 13.0. The lowest BCUT2D eigenvalue weighted by molar-refractivity contribution is 1.13. The van der Waals surface area contributed by atoms with Crippen molar-refractivity contribution >= 4 is 43.6 Å². The van der Waals surface area contributed by atoms with Gasteiger partial charge in [-0.2, -0.15) is 0 Å². The largest absolute Gasteiger partial charge is 1.00 e. The number of rotatable bonds is 5. The molecule has 0 saturated carbocycles. The number of benzene rings is 8. The summed E-state index contributed by atoms with van der Waals surface area (Å²) in [6.07, 6.45) is 0. The Bertz CT molecular complexity index is 2570. The normalized spacial score (nSPS) is 11.6. The standard InChI is InChI=1S/C48H32N2.H/c1-3-15-33(16-4-1)35-27-36(34-17-5-2-6-18-34)29-37(28-35)38-30-39(49-45-23-11-7-19-41(45)42-20-8-12-24-46(42)49)32-40(31-38)50-47-25-13-9-21-43(47)44-22-10-14-26-48(44)50;/h1-32H;/q;-1. The number of hydrogen-bond acceptors (Lipinski definition) is 0. The van der Waals surface area contributed by atoms with E-state index in [1.807, 2.05) is 0 Å². The first-order valence-electron chi connectivity index (χ1n) is 17.2. The summed E-state index contributed by atoms with van der Waals surface area (Å²) in [5, 5.41) is 5.02. The third-order valence-corrected chi connectivity index (χ3v) is 10.1. The monoisotopic (exact) mass is 637 g/mol. The predicted octanol–water partition coefficient (Wildman–Crippen LogP) is 13.0. The van der Waals surface area contributed by atoms with Gasteiger partial charge in [-0.15, -0.1) is 0 Å². The second kappa shape index (κ2) is 11.5. The zero-order chi connectivity index (χ0) is 33.0. The lowest BCUT2D eigenvalue weighted by Gasteiger charge is -2.17. The molecule has 8 aromatic carbocycles. The molecule has 0 unspecified atom stereocenters. The van der Waals surface area contributed by atoms with Crippen molar-refractivity contribution < 1.29 is 1.43 Å². The lowest BCUT2D eigenvalue weighted by Crippen LogP contribution is -2.00.